The van der Waals surface area contributed by atoms with Crippen LogP contribution in [0, 0.1) is 5.92 Å². The van der Waals surface area contributed by atoms with Crippen molar-refractivity contribution >= 4 is 29.1 Å². The molecular formula is C24H27ClN4O3. The predicted octanol–water partition coefficient (Wildman–Crippen LogP) is 3.22. The second-order valence-corrected chi connectivity index (χ2v) is 8.68. The summed E-state index contributed by atoms with van der Waals surface area (Å²) in [5, 5.41) is 6.98. The Hall–Kier alpha value is -2.90. The first-order valence-corrected chi connectivity index (χ1v) is 11.1. The maximum Gasteiger partial charge on any atom is 0.257 e. The first kappa shape index (κ1) is 22.3. The average Bonchev–Trinajstić information content (AvgIpc) is 3.26. The van der Waals surface area contributed by atoms with Crippen LogP contribution in [0.4, 0.5) is 0 Å². The molecule has 2 aliphatic heterocycles. The minimum atomic E-state index is -0.258. The Kier molecular flexibility index (Phi) is 6.77. The number of hydrogen-bond acceptors (Lipinski definition) is 5. The number of likely N-dealkylation sites (tertiary alicyclic amines) is 1. The van der Waals surface area contributed by atoms with Crippen molar-refractivity contribution in [2.24, 2.45) is 16.8 Å². The van der Waals surface area contributed by atoms with E-state index < -0.39 is 0 Å². The maximum absolute atomic E-state index is 13.3. The third-order valence-electron chi connectivity index (χ3n) is 6.17. The van der Waals surface area contributed by atoms with Crippen molar-refractivity contribution in [1.82, 2.24) is 9.91 Å². The molecule has 0 spiro atoms. The van der Waals surface area contributed by atoms with Crippen LogP contribution in [0.15, 0.2) is 53.6 Å². The monoisotopic (exact) mass is 454 g/mol. The van der Waals surface area contributed by atoms with Crippen molar-refractivity contribution in [3.8, 4) is 5.75 Å². The average molecular weight is 455 g/mol. The molecule has 1 atom stereocenters. The van der Waals surface area contributed by atoms with E-state index in [1.165, 1.54) is 0 Å². The number of methoxy groups -OCH3 is 1. The standard InChI is InChI=1S/C24H27ClN4O3/c1-32-20-4-2-3-18(13-20)21-14-22(16-5-7-19(25)8-6-16)29(27-21)23(30)15-28-11-9-17(10-12-28)24(26)31/h2-8,13,17,22H,9-12,14-15H2,1H3,(H2,26,31). The van der Waals surface area contributed by atoms with Gasteiger partial charge in [-0.3, -0.25) is 14.5 Å². The van der Waals surface area contributed by atoms with Crippen molar-refractivity contribution in [2.75, 3.05) is 26.7 Å². The van der Waals surface area contributed by atoms with E-state index in [4.69, 9.17) is 27.2 Å². The van der Waals surface area contributed by atoms with E-state index >= 15 is 0 Å². The highest BCUT2D eigenvalue weighted by Crippen LogP contribution is 2.34. The summed E-state index contributed by atoms with van der Waals surface area (Å²) in [6, 6.07) is 15.0. The van der Waals surface area contributed by atoms with E-state index in [0.29, 0.717) is 37.4 Å². The molecule has 0 bridgehead atoms. The first-order valence-electron chi connectivity index (χ1n) is 10.8. The molecule has 2 N–H and O–H groups in total. The Morgan fingerprint density at radius 2 is 1.88 bits per heavy atom. The molecule has 4 rings (SSSR count). The molecule has 2 aliphatic rings. The molecule has 2 aromatic rings. The smallest absolute Gasteiger partial charge is 0.257 e. The van der Waals surface area contributed by atoms with Gasteiger partial charge in [-0.1, -0.05) is 35.9 Å². The zero-order valence-corrected chi connectivity index (χ0v) is 18.8. The molecule has 1 unspecified atom stereocenters. The molecular weight excluding hydrogens is 428 g/mol. The van der Waals surface area contributed by atoms with Crippen molar-refractivity contribution in [3.63, 3.8) is 0 Å². The van der Waals surface area contributed by atoms with E-state index in [-0.39, 0.29) is 30.3 Å². The highest BCUT2D eigenvalue weighted by Gasteiger charge is 2.34. The SMILES string of the molecule is COc1cccc(C2=NN(C(=O)CN3CCC(C(N)=O)CC3)C(c3ccc(Cl)cc3)C2)c1. The molecule has 2 aromatic carbocycles. The van der Waals surface area contributed by atoms with Crippen LogP contribution in [0.5, 0.6) is 5.75 Å². The molecule has 0 aliphatic carbocycles. The van der Waals surface area contributed by atoms with Crippen molar-refractivity contribution in [1.29, 1.82) is 0 Å². The molecule has 32 heavy (non-hydrogen) atoms. The molecule has 0 radical (unpaired) electrons. The summed E-state index contributed by atoms with van der Waals surface area (Å²) in [7, 11) is 1.63. The molecule has 1 fully saturated rings. The van der Waals surface area contributed by atoms with Crippen LogP contribution < -0.4 is 10.5 Å². The fourth-order valence-electron chi connectivity index (χ4n) is 4.30. The third kappa shape index (κ3) is 4.95. The van der Waals surface area contributed by atoms with Crippen molar-refractivity contribution in [3.05, 3.63) is 64.7 Å². The van der Waals surface area contributed by atoms with Gasteiger partial charge in [-0.25, -0.2) is 5.01 Å². The van der Waals surface area contributed by atoms with Gasteiger partial charge in [0.2, 0.25) is 5.91 Å². The molecule has 0 aromatic heterocycles. The van der Waals surface area contributed by atoms with E-state index in [2.05, 4.69) is 4.90 Å². The molecule has 2 heterocycles. The number of primary amides is 1. The fourth-order valence-corrected chi connectivity index (χ4v) is 4.43. The number of ether oxygens (including phenoxy) is 1. The van der Waals surface area contributed by atoms with E-state index in [1.54, 1.807) is 12.1 Å². The lowest BCUT2D eigenvalue weighted by Gasteiger charge is -2.31. The molecule has 168 valence electrons. The summed E-state index contributed by atoms with van der Waals surface area (Å²) in [5.74, 6) is 0.314. The summed E-state index contributed by atoms with van der Waals surface area (Å²) in [6.07, 6.45) is 1.97. The van der Waals surface area contributed by atoms with Gasteiger partial charge in [-0.15, -0.1) is 0 Å². The lowest BCUT2D eigenvalue weighted by molar-refractivity contribution is -0.134. The minimum absolute atomic E-state index is 0.0691. The number of rotatable bonds is 6. The number of halogens is 1. The number of benzene rings is 2. The second-order valence-electron chi connectivity index (χ2n) is 8.24. The van der Waals surface area contributed by atoms with Crippen LogP contribution in [-0.2, 0) is 9.59 Å². The van der Waals surface area contributed by atoms with Crippen LogP contribution in [0.1, 0.15) is 36.4 Å². The van der Waals surface area contributed by atoms with Crippen LogP contribution in [0.3, 0.4) is 0 Å². The van der Waals surface area contributed by atoms with Crippen molar-refractivity contribution < 1.29 is 14.3 Å². The number of hydrazone groups is 1. The number of nitrogens with two attached hydrogens (primary N) is 1. The molecule has 0 saturated carbocycles. The normalized spacial score (nSPS) is 19.6. The van der Waals surface area contributed by atoms with Crippen LogP contribution in [-0.4, -0.2) is 54.2 Å². The van der Waals surface area contributed by atoms with Gasteiger partial charge in [-0.05, 0) is 55.8 Å². The number of nitrogens with zero attached hydrogens (tertiary/aromatic N) is 3. The minimum Gasteiger partial charge on any atom is -0.497 e. The predicted molar refractivity (Wildman–Crippen MR) is 124 cm³/mol. The quantitative estimate of drug-likeness (QED) is 0.725. The summed E-state index contributed by atoms with van der Waals surface area (Å²) >= 11 is 6.08. The van der Waals surface area contributed by atoms with Gasteiger partial charge in [0.25, 0.3) is 5.91 Å². The summed E-state index contributed by atoms with van der Waals surface area (Å²) in [6.45, 7) is 1.60. The fraction of sp³-hybridized carbons (Fsp3) is 0.375. The van der Waals surface area contributed by atoms with Gasteiger partial charge in [0.05, 0.1) is 25.4 Å². The Morgan fingerprint density at radius 3 is 2.53 bits per heavy atom. The Morgan fingerprint density at radius 1 is 1.16 bits per heavy atom. The number of carbonyl (C=O) groups excluding carboxylic acids is 2. The zero-order chi connectivity index (χ0) is 22.7. The van der Waals surface area contributed by atoms with Gasteiger partial charge in [-0.2, -0.15) is 5.10 Å². The summed E-state index contributed by atoms with van der Waals surface area (Å²) in [4.78, 5) is 26.8. The Balaban J connectivity index is 1.55. The topological polar surface area (TPSA) is 88.2 Å². The van der Waals surface area contributed by atoms with E-state index in [9.17, 15) is 9.59 Å². The maximum atomic E-state index is 13.3. The highest BCUT2D eigenvalue weighted by atomic mass is 35.5. The first-order chi connectivity index (χ1) is 15.4. The number of piperidine rings is 1. The van der Waals surface area contributed by atoms with E-state index in [1.807, 2.05) is 48.5 Å². The summed E-state index contributed by atoms with van der Waals surface area (Å²) in [5.41, 5.74) is 8.18. The molecule has 7 nitrogen and oxygen atoms in total. The number of amides is 2. The second kappa shape index (κ2) is 9.71. The zero-order valence-electron chi connectivity index (χ0n) is 18.0. The molecule has 1 saturated heterocycles. The van der Waals surface area contributed by atoms with Gasteiger partial charge in [0.15, 0.2) is 0 Å². The molecule has 8 heteroatoms. The molecule has 2 amide bonds. The van der Waals surface area contributed by atoms with E-state index in [0.717, 1.165) is 22.6 Å². The van der Waals surface area contributed by atoms with Crippen LogP contribution in [0.2, 0.25) is 5.02 Å². The van der Waals surface area contributed by atoms with Gasteiger partial charge >= 0.3 is 0 Å². The lowest BCUT2D eigenvalue weighted by Crippen LogP contribution is -2.43. The van der Waals surface area contributed by atoms with Gasteiger partial charge < -0.3 is 10.5 Å². The van der Waals surface area contributed by atoms with Gasteiger partial charge in [0, 0.05) is 22.9 Å². The lowest BCUT2D eigenvalue weighted by atomic mass is 9.96. The number of hydrogen-bond donors (Lipinski definition) is 1. The highest BCUT2D eigenvalue weighted by molar-refractivity contribution is 6.30. The Labute approximate surface area is 192 Å². The van der Waals surface area contributed by atoms with Gasteiger partial charge in [0.1, 0.15) is 5.75 Å². The van der Waals surface area contributed by atoms with Crippen LogP contribution in [0.25, 0.3) is 0 Å². The number of carbonyl (C=O) groups is 2. The summed E-state index contributed by atoms with van der Waals surface area (Å²) < 4.78 is 5.35. The largest absolute Gasteiger partial charge is 0.497 e. The third-order valence-corrected chi connectivity index (χ3v) is 6.42. The Bertz CT molecular complexity index is 1020. The van der Waals surface area contributed by atoms with Crippen LogP contribution >= 0.6 is 11.6 Å². The van der Waals surface area contributed by atoms with Crippen molar-refractivity contribution in [2.45, 2.75) is 25.3 Å².